The van der Waals surface area contributed by atoms with Crippen LogP contribution in [0.1, 0.15) is 11.1 Å². The first kappa shape index (κ1) is 20.4. The van der Waals surface area contributed by atoms with Gasteiger partial charge in [0.2, 0.25) is 0 Å². The summed E-state index contributed by atoms with van der Waals surface area (Å²) in [6.07, 6.45) is 2.00. The number of anilines is 1. The van der Waals surface area contributed by atoms with Crippen LogP contribution in [0.4, 0.5) is 5.69 Å². The molecule has 0 saturated heterocycles. The van der Waals surface area contributed by atoms with Gasteiger partial charge in [0.1, 0.15) is 4.99 Å². The summed E-state index contributed by atoms with van der Waals surface area (Å²) in [5.41, 5.74) is 3.20. The van der Waals surface area contributed by atoms with E-state index in [0.717, 1.165) is 26.4 Å². The number of rotatable bonds is 4. The van der Waals surface area contributed by atoms with Gasteiger partial charge in [0.25, 0.3) is 10.0 Å². The number of aromatic nitrogens is 2. The summed E-state index contributed by atoms with van der Waals surface area (Å²) in [5.74, 6) is 0. The molecule has 1 aliphatic rings. The summed E-state index contributed by atoms with van der Waals surface area (Å²) in [6, 6.07) is 23.8. The SMILES string of the molecule is O=c1[nH]c(-c2ccccc2)cn1S(=O)(=O)c1ccc2c(c1)CCN2C(=S)c1ccccc1. The van der Waals surface area contributed by atoms with Crippen LogP contribution in [0.3, 0.4) is 0 Å². The van der Waals surface area contributed by atoms with Crippen LogP contribution in [-0.2, 0) is 16.4 Å². The summed E-state index contributed by atoms with van der Waals surface area (Å²) in [7, 11) is -4.05. The molecule has 0 spiro atoms. The molecule has 0 bridgehead atoms. The molecule has 8 heteroatoms. The van der Waals surface area contributed by atoms with E-state index in [1.165, 1.54) is 12.3 Å². The molecule has 1 N–H and O–H groups in total. The maximum Gasteiger partial charge on any atom is 0.340 e. The molecule has 6 nitrogen and oxygen atoms in total. The topological polar surface area (TPSA) is 75.2 Å². The van der Waals surface area contributed by atoms with Crippen LogP contribution in [-0.4, -0.2) is 28.9 Å². The fraction of sp³-hybridized carbons (Fsp3) is 0.0833. The third-order valence-electron chi connectivity index (χ3n) is 5.54. The maximum absolute atomic E-state index is 13.2. The molecule has 4 aromatic rings. The zero-order chi connectivity index (χ0) is 22.3. The Labute approximate surface area is 190 Å². The summed E-state index contributed by atoms with van der Waals surface area (Å²) >= 11 is 5.66. The molecule has 0 atom stereocenters. The van der Waals surface area contributed by atoms with Gasteiger partial charge in [0.05, 0.1) is 16.8 Å². The fourth-order valence-electron chi connectivity index (χ4n) is 3.92. The number of hydrogen-bond donors (Lipinski definition) is 1. The lowest BCUT2D eigenvalue weighted by Crippen LogP contribution is -2.28. The summed E-state index contributed by atoms with van der Waals surface area (Å²) in [6.45, 7) is 0.675. The van der Waals surface area contributed by atoms with Gasteiger partial charge in [-0.1, -0.05) is 72.9 Å². The lowest BCUT2D eigenvalue weighted by atomic mass is 10.1. The normalized spacial score (nSPS) is 13.2. The van der Waals surface area contributed by atoms with E-state index in [1.54, 1.807) is 12.1 Å². The summed E-state index contributed by atoms with van der Waals surface area (Å²) < 4.78 is 27.2. The first-order chi connectivity index (χ1) is 15.4. The first-order valence-electron chi connectivity index (χ1n) is 10.1. The number of aromatic amines is 1. The lowest BCUT2D eigenvalue weighted by Gasteiger charge is -2.20. The van der Waals surface area contributed by atoms with Crippen molar-refractivity contribution in [2.45, 2.75) is 11.3 Å². The quantitative estimate of drug-likeness (QED) is 0.468. The fourth-order valence-corrected chi connectivity index (χ4v) is 5.51. The number of benzene rings is 3. The van der Waals surface area contributed by atoms with E-state index in [4.69, 9.17) is 12.2 Å². The first-order valence-corrected chi connectivity index (χ1v) is 11.9. The van der Waals surface area contributed by atoms with Crippen LogP contribution in [0.25, 0.3) is 11.3 Å². The predicted molar refractivity (Wildman–Crippen MR) is 129 cm³/mol. The average Bonchev–Trinajstić information content (AvgIpc) is 3.43. The maximum atomic E-state index is 13.2. The standard InChI is InChI=1S/C24H19N3O3S2/c28-24-25-21(17-7-3-1-4-8-17)16-27(24)32(29,30)20-11-12-22-19(15-20)13-14-26(22)23(31)18-9-5-2-6-10-18/h1-12,15-16H,13-14H2,(H,25,28). The van der Waals surface area contributed by atoms with Crippen LogP contribution < -0.4 is 10.6 Å². The Morgan fingerprint density at radius 2 is 1.62 bits per heavy atom. The van der Waals surface area contributed by atoms with Gasteiger partial charge in [-0.2, -0.15) is 3.97 Å². The second-order valence-electron chi connectivity index (χ2n) is 7.50. The Morgan fingerprint density at radius 3 is 2.34 bits per heavy atom. The Hall–Kier alpha value is -3.49. The van der Waals surface area contributed by atoms with Crippen LogP contribution in [0.5, 0.6) is 0 Å². The van der Waals surface area contributed by atoms with Gasteiger partial charge in [-0.25, -0.2) is 13.2 Å². The number of fused-ring (bicyclic) bond motifs is 1. The molecule has 3 aromatic carbocycles. The summed E-state index contributed by atoms with van der Waals surface area (Å²) in [4.78, 5) is 17.9. The van der Waals surface area contributed by atoms with Crippen molar-refractivity contribution in [3.8, 4) is 11.3 Å². The molecule has 0 saturated carbocycles. The van der Waals surface area contributed by atoms with Crippen LogP contribution in [0.15, 0.2) is 94.7 Å². The highest BCUT2D eigenvalue weighted by atomic mass is 32.2. The largest absolute Gasteiger partial charge is 0.340 e. The number of hydrogen-bond acceptors (Lipinski definition) is 4. The molecule has 0 unspecified atom stereocenters. The number of H-pyrrole nitrogens is 1. The molecular formula is C24H19N3O3S2. The smallest absolute Gasteiger partial charge is 0.332 e. The molecule has 1 aromatic heterocycles. The van der Waals surface area contributed by atoms with Gasteiger partial charge in [-0.05, 0) is 35.7 Å². The van der Waals surface area contributed by atoms with E-state index in [-0.39, 0.29) is 4.90 Å². The van der Waals surface area contributed by atoms with Crippen molar-refractivity contribution in [2.75, 3.05) is 11.4 Å². The highest BCUT2D eigenvalue weighted by molar-refractivity contribution is 7.90. The summed E-state index contributed by atoms with van der Waals surface area (Å²) in [5, 5.41) is 0. The van der Waals surface area contributed by atoms with Crippen molar-refractivity contribution in [2.24, 2.45) is 0 Å². The zero-order valence-corrected chi connectivity index (χ0v) is 18.6. The third-order valence-corrected chi connectivity index (χ3v) is 7.64. The van der Waals surface area contributed by atoms with E-state index in [9.17, 15) is 13.2 Å². The van der Waals surface area contributed by atoms with Crippen molar-refractivity contribution in [3.05, 3.63) is 107 Å². The van der Waals surface area contributed by atoms with E-state index < -0.39 is 15.7 Å². The highest BCUT2D eigenvalue weighted by Crippen LogP contribution is 2.32. The zero-order valence-electron chi connectivity index (χ0n) is 16.9. The third kappa shape index (κ3) is 3.47. The number of nitrogens with one attached hydrogen (secondary N) is 1. The van der Waals surface area contributed by atoms with Gasteiger partial charge in [0.15, 0.2) is 0 Å². The number of imidazole rings is 1. The Balaban J connectivity index is 1.49. The number of thiocarbonyl (C=S) groups is 1. The second kappa shape index (κ2) is 7.89. The highest BCUT2D eigenvalue weighted by Gasteiger charge is 2.27. The van der Waals surface area contributed by atoms with Gasteiger partial charge in [0, 0.05) is 17.8 Å². The van der Waals surface area contributed by atoms with Crippen molar-refractivity contribution < 1.29 is 8.42 Å². The number of nitrogens with zero attached hydrogens (tertiary/aromatic N) is 2. The minimum absolute atomic E-state index is 0.0736. The molecule has 5 rings (SSSR count). The lowest BCUT2D eigenvalue weighted by molar-refractivity contribution is 0.585. The van der Waals surface area contributed by atoms with Crippen LogP contribution >= 0.6 is 12.2 Å². The molecule has 1 aliphatic heterocycles. The molecule has 0 fully saturated rings. The van der Waals surface area contributed by atoms with Crippen molar-refractivity contribution >= 4 is 32.9 Å². The van der Waals surface area contributed by atoms with E-state index in [2.05, 4.69) is 4.98 Å². The minimum atomic E-state index is -4.05. The Bertz CT molecular complexity index is 1470. The van der Waals surface area contributed by atoms with Crippen LogP contribution in [0, 0.1) is 0 Å². The average molecular weight is 462 g/mol. The van der Waals surface area contributed by atoms with Crippen molar-refractivity contribution in [3.63, 3.8) is 0 Å². The van der Waals surface area contributed by atoms with Gasteiger partial charge < -0.3 is 9.88 Å². The molecular weight excluding hydrogens is 442 g/mol. The molecule has 0 amide bonds. The van der Waals surface area contributed by atoms with Crippen molar-refractivity contribution in [1.82, 2.24) is 8.96 Å². The second-order valence-corrected chi connectivity index (χ2v) is 9.70. The van der Waals surface area contributed by atoms with Gasteiger partial charge in [-0.15, -0.1) is 0 Å². The van der Waals surface area contributed by atoms with Crippen LogP contribution in [0.2, 0.25) is 0 Å². The van der Waals surface area contributed by atoms with E-state index in [0.29, 0.717) is 23.6 Å². The van der Waals surface area contributed by atoms with Crippen molar-refractivity contribution in [1.29, 1.82) is 0 Å². The monoisotopic (exact) mass is 461 g/mol. The molecule has 160 valence electrons. The van der Waals surface area contributed by atoms with Gasteiger partial charge in [-0.3, -0.25) is 0 Å². The molecule has 32 heavy (non-hydrogen) atoms. The van der Waals surface area contributed by atoms with E-state index in [1.807, 2.05) is 65.6 Å². The minimum Gasteiger partial charge on any atom is -0.332 e. The Morgan fingerprint density at radius 1 is 0.938 bits per heavy atom. The van der Waals surface area contributed by atoms with Gasteiger partial charge >= 0.3 is 5.69 Å². The Kier molecular flexibility index (Phi) is 5.03. The predicted octanol–water partition coefficient (Wildman–Crippen LogP) is 3.82. The molecule has 0 aliphatic carbocycles. The molecule has 2 heterocycles. The van der Waals surface area contributed by atoms with E-state index >= 15 is 0 Å². The molecule has 0 radical (unpaired) electrons.